The van der Waals surface area contributed by atoms with E-state index < -0.39 is 23.7 Å². The van der Waals surface area contributed by atoms with Gasteiger partial charge in [-0.05, 0) is 30.5 Å². The van der Waals surface area contributed by atoms with Crippen LogP contribution in [0, 0.1) is 11.7 Å². The number of carbonyl (C=O) groups is 2. The zero-order valence-electron chi connectivity index (χ0n) is 13.3. The lowest BCUT2D eigenvalue weighted by atomic mass is 9.99. The van der Waals surface area contributed by atoms with Crippen molar-refractivity contribution in [2.45, 2.75) is 32.7 Å². The van der Waals surface area contributed by atoms with Crippen LogP contribution in [0.15, 0.2) is 18.2 Å². The van der Waals surface area contributed by atoms with Crippen molar-refractivity contribution in [3.63, 3.8) is 0 Å². The molecule has 0 saturated carbocycles. The van der Waals surface area contributed by atoms with Gasteiger partial charge >= 0.3 is 5.97 Å². The maximum absolute atomic E-state index is 13.6. The lowest BCUT2D eigenvalue weighted by Gasteiger charge is -2.19. The normalized spacial score (nSPS) is 13.1. The monoisotopic (exact) mass is 311 g/mol. The summed E-state index contributed by atoms with van der Waals surface area (Å²) in [6.07, 6.45) is 1.34. The van der Waals surface area contributed by atoms with Crippen LogP contribution < -0.4 is 10.1 Å². The largest absolute Gasteiger partial charge is 0.494 e. The van der Waals surface area contributed by atoms with Gasteiger partial charge in [0.1, 0.15) is 6.04 Å². The fourth-order valence-corrected chi connectivity index (χ4v) is 1.97. The second-order valence-electron chi connectivity index (χ2n) is 5.15. The van der Waals surface area contributed by atoms with E-state index in [2.05, 4.69) is 5.32 Å². The first-order valence-electron chi connectivity index (χ1n) is 7.15. The van der Waals surface area contributed by atoms with Gasteiger partial charge in [-0.1, -0.05) is 20.3 Å². The van der Waals surface area contributed by atoms with Gasteiger partial charge in [0.05, 0.1) is 14.2 Å². The Labute approximate surface area is 129 Å². The standard InChI is InChI=1S/C16H22FNO4/c1-5-10(2)8-13(16(20)22-4)18-15(19)11-6-7-14(21-3)12(17)9-11/h6-7,9-10,13H,5,8H2,1-4H3,(H,18,19). The first-order valence-corrected chi connectivity index (χ1v) is 7.15. The minimum atomic E-state index is -0.752. The first-order chi connectivity index (χ1) is 10.4. The summed E-state index contributed by atoms with van der Waals surface area (Å²) >= 11 is 0. The predicted octanol–water partition coefficient (Wildman–Crippen LogP) is 2.54. The molecular weight excluding hydrogens is 289 g/mol. The van der Waals surface area contributed by atoms with Gasteiger partial charge in [-0.3, -0.25) is 4.79 Å². The van der Waals surface area contributed by atoms with Crippen LogP contribution in [0.1, 0.15) is 37.0 Å². The molecule has 1 aromatic carbocycles. The Bertz CT molecular complexity index is 533. The molecule has 1 aromatic rings. The predicted molar refractivity (Wildman–Crippen MR) is 80.3 cm³/mol. The Morgan fingerprint density at radius 2 is 2.00 bits per heavy atom. The lowest BCUT2D eigenvalue weighted by molar-refractivity contribution is -0.143. The van der Waals surface area contributed by atoms with E-state index >= 15 is 0 Å². The molecule has 0 saturated heterocycles. The Morgan fingerprint density at radius 3 is 2.50 bits per heavy atom. The fourth-order valence-electron chi connectivity index (χ4n) is 1.97. The minimum Gasteiger partial charge on any atom is -0.494 e. The van der Waals surface area contributed by atoms with Crippen LogP contribution in [-0.4, -0.2) is 32.1 Å². The lowest BCUT2D eigenvalue weighted by Crippen LogP contribution is -2.42. The van der Waals surface area contributed by atoms with Gasteiger partial charge in [0.25, 0.3) is 5.91 Å². The van der Waals surface area contributed by atoms with Crippen molar-refractivity contribution in [2.75, 3.05) is 14.2 Å². The highest BCUT2D eigenvalue weighted by atomic mass is 19.1. The van der Waals surface area contributed by atoms with Crippen molar-refractivity contribution < 1.29 is 23.5 Å². The Hall–Kier alpha value is -2.11. The Morgan fingerprint density at radius 1 is 1.32 bits per heavy atom. The summed E-state index contributed by atoms with van der Waals surface area (Å²) in [4.78, 5) is 23.9. The van der Waals surface area contributed by atoms with Crippen molar-refractivity contribution in [3.05, 3.63) is 29.6 Å². The molecule has 1 amide bonds. The molecule has 5 nitrogen and oxygen atoms in total. The number of hydrogen-bond donors (Lipinski definition) is 1. The highest BCUT2D eigenvalue weighted by molar-refractivity contribution is 5.96. The summed E-state index contributed by atoms with van der Waals surface area (Å²) in [5.74, 6) is -1.37. The number of halogens is 1. The van der Waals surface area contributed by atoms with E-state index in [1.807, 2.05) is 13.8 Å². The smallest absolute Gasteiger partial charge is 0.328 e. The van der Waals surface area contributed by atoms with Crippen LogP contribution in [0.5, 0.6) is 5.75 Å². The van der Waals surface area contributed by atoms with E-state index in [0.29, 0.717) is 6.42 Å². The van der Waals surface area contributed by atoms with Gasteiger partial charge in [-0.25, -0.2) is 9.18 Å². The number of carbonyl (C=O) groups excluding carboxylic acids is 2. The van der Waals surface area contributed by atoms with E-state index in [-0.39, 0.29) is 17.2 Å². The van der Waals surface area contributed by atoms with Crippen molar-refractivity contribution in [3.8, 4) is 5.75 Å². The van der Waals surface area contributed by atoms with E-state index in [0.717, 1.165) is 12.5 Å². The molecule has 0 aromatic heterocycles. The molecule has 0 heterocycles. The maximum Gasteiger partial charge on any atom is 0.328 e. The molecule has 0 spiro atoms. The summed E-state index contributed by atoms with van der Waals surface area (Å²) < 4.78 is 23.2. The number of hydrogen-bond acceptors (Lipinski definition) is 4. The zero-order chi connectivity index (χ0) is 16.7. The Kier molecular flexibility index (Phi) is 6.82. The summed E-state index contributed by atoms with van der Waals surface area (Å²) in [6.45, 7) is 3.98. The average Bonchev–Trinajstić information content (AvgIpc) is 2.52. The first kappa shape index (κ1) is 17.9. The van der Waals surface area contributed by atoms with Crippen molar-refractivity contribution in [1.29, 1.82) is 0 Å². The molecule has 1 N–H and O–H groups in total. The molecule has 2 atom stereocenters. The van der Waals surface area contributed by atoms with E-state index in [1.54, 1.807) is 0 Å². The number of benzene rings is 1. The van der Waals surface area contributed by atoms with Crippen molar-refractivity contribution >= 4 is 11.9 Å². The van der Waals surface area contributed by atoms with Gasteiger partial charge in [0, 0.05) is 5.56 Å². The van der Waals surface area contributed by atoms with Crippen LogP contribution in [0.4, 0.5) is 4.39 Å². The molecule has 22 heavy (non-hydrogen) atoms. The highest BCUT2D eigenvalue weighted by Gasteiger charge is 2.24. The Balaban J connectivity index is 2.86. The van der Waals surface area contributed by atoms with Crippen LogP contribution in [-0.2, 0) is 9.53 Å². The summed E-state index contributed by atoms with van der Waals surface area (Å²) in [5.41, 5.74) is 0.122. The van der Waals surface area contributed by atoms with Gasteiger partial charge < -0.3 is 14.8 Å². The third kappa shape index (κ3) is 4.72. The second kappa shape index (κ2) is 8.36. The minimum absolute atomic E-state index is 0.0562. The molecule has 0 fully saturated rings. The summed E-state index contributed by atoms with van der Waals surface area (Å²) in [7, 11) is 2.61. The molecule has 2 unspecified atom stereocenters. The number of ether oxygens (including phenoxy) is 2. The number of esters is 1. The quantitative estimate of drug-likeness (QED) is 0.786. The molecule has 6 heteroatoms. The van der Waals surface area contributed by atoms with Gasteiger partial charge in [-0.15, -0.1) is 0 Å². The van der Waals surface area contributed by atoms with E-state index in [9.17, 15) is 14.0 Å². The maximum atomic E-state index is 13.6. The highest BCUT2D eigenvalue weighted by Crippen LogP contribution is 2.18. The van der Waals surface area contributed by atoms with Crippen LogP contribution in [0.3, 0.4) is 0 Å². The molecule has 122 valence electrons. The molecule has 1 rings (SSSR count). The number of nitrogens with one attached hydrogen (secondary N) is 1. The zero-order valence-corrected chi connectivity index (χ0v) is 13.3. The number of methoxy groups -OCH3 is 2. The summed E-state index contributed by atoms with van der Waals surface area (Å²) in [6, 6.07) is 3.13. The van der Waals surface area contributed by atoms with Gasteiger partial charge in [0.15, 0.2) is 11.6 Å². The van der Waals surface area contributed by atoms with Crippen molar-refractivity contribution in [2.24, 2.45) is 5.92 Å². The molecule has 0 aliphatic rings. The molecule has 0 aliphatic carbocycles. The number of rotatable bonds is 7. The molecule has 0 radical (unpaired) electrons. The second-order valence-corrected chi connectivity index (χ2v) is 5.15. The molecular formula is C16H22FNO4. The third-order valence-corrected chi connectivity index (χ3v) is 3.54. The fraction of sp³-hybridized carbons (Fsp3) is 0.500. The van der Waals surface area contributed by atoms with E-state index in [4.69, 9.17) is 9.47 Å². The summed E-state index contributed by atoms with van der Waals surface area (Å²) in [5, 5.41) is 2.59. The van der Waals surface area contributed by atoms with Crippen LogP contribution in [0.25, 0.3) is 0 Å². The van der Waals surface area contributed by atoms with Gasteiger partial charge in [-0.2, -0.15) is 0 Å². The van der Waals surface area contributed by atoms with Crippen LogP contribution >= 0.6 is 0 Å². The van der Waals surface area contributed by atoms with Gasteiger partial charge in [0.2, 0.25) is 0 Å². The molecule has 0 bridgehead atoms. The third-order valence-electron chi connectivity index (χ3n) is 3.54. The molecule has 0 aliphatic heterocycles. The van der Waals surface area contributed by atoms with Crippen molar-refractivity contribution in [1.82, 2.24) is 5.32 Å². The van der Waals surface area contributed by atoms with E-state index in [1.165, 1.54) is 26.4 Å². The topological polar surface area (TPSA) is 64.6 Å². The van der Waals surface area contributed by atoms with Crippen LogP contribution in [0.2, 0.25) is 0 Å². The average molecular weight is 311 g/mol. The number of amides is 1. The SMILES string of the molecule is CCC(C)CC(NC(=O)c1ccc(OC)c(F)c1)C(=O)OC.